The molecule has 0 saturated carbocycles. The normalized spacial score (nSPS) is 10.4. The number of tetrazole rings is 1. The van der Waals surface area contributed by atoms with Gasteiger partial charge in [-0.15, -0.1) is 5.10 Å². The number of nitrogens with zero attached hydrogens (tertiary/aromatic N) is 4. The molecule has 0 fully saturated rings. The van der Waals surface area contributed by atoms with Crippen LogP contribution in [0.3, 0.4) is 0 Å². The lowest BCUT2D eigenvalue weighted by Gasteiger charge is -2.06. The summed E-state index contributed by atoms with van der Waals surface area (Å²) in [5.74, 6) is 0.202. The largest absolute Gasteiger partial charge is 0.465 e. The number of carbonyl (C=O) groups is 1. The smallest absolute Gasteiger partial charge is 0.337 e. The number of benzene rings is 2. The molecule has 1 aromatic heterocycles. The maximum absolute atomic E-state index is 11.5. The fourth-order valence-electron chi connectivity index (χ4n) is 2.03. The molecule has 0 aliphatic rings. The van der Waals surface area contributed by atoms with Crippen molar-refractivity contribution in [2.45, 2.75) is 0 Å². The molecule has 3 aromatic rings. The van der Waals surface area contributed by atoms with E-state index in [9.17, 15) is 4.79 Å². The van der Waals surface area contributed by atoms with Crippen LogP contribution in [0.25, 0.3) is 17.1 Å². The van der Waals surface area contributed by atoms with Gasteiger partial charge in [0.2, 0.25) is 0 Å². The Bertz CT molecular complexity index is 794. The first-order valence-electron chi connectivity index (χ1n) is 6.52. The molecular weight excluding hydrogens is 282 g/mol. The third-order valence-corrected chi connectivity index (χ3v) is 3.17. The second-order valence-corrected chi connectivity index (χ2v) is 4.57. The molecular formula is C15H13N5O2. The number of carbonyl (C=O) groups excluding carboxylic acids is 1. The summed E-state index contributed by atoms with van der Waals surface area (Å²) >= 11 is 0. The van der Waals surface area contributed by atoms with Crippen molar-refractivity contribution in [3.8, 4) is 17.1 Å². The molecule has 7 nitrogen and oxygen atoms in total. The molecule has 2 N–H and O–H groups in total. The molecule has 0 amide bonds. The van der Waals surface area contributed by atoms with Crippen LogP contribution < -0.4 is 5.73 Å². The Balaban J connectivity index is 1.98. The van der Waals surface area contributed by atoms with Crippen LogP contribution in [0, 0.1) is 0 Å². The average molecular weight is 295 g/mol. The SMILES string of the molecule is COC(=O)c1ccc(-n2nnnc2-c2ccc(N)cc2)cc1. The molecule has 0 aliphatic carbocycles. The molecule has 0 radical (unpaired) electrons. The van der Waals surface area contributed by atoms with Gasteiger partial charge in [0.25, 0.3) is 0 Å². The highest BCUT2D eigenvalue weighted by atomic mass is 16.5. The second kappa shape index (κ2) is 5.65. The van der Waals surface area contributed by atoms with Gasteiger partial charge in [0.05, 0.1) is 18.4 Å². The predicted molar refractivity (Wildman–Crippen MR) is 80.3 cm³/mol. The monoisotopic (exact) mass is 295 g/mol. The van der Waals surface area contributed by atoms with Crippen molar-refractivity contribution in [3.05, 3.63) is 54.1 Å². The van der Waals surface area contributed by atoms with Crippen molar-refractivity contribution < 1.29 is 9.53 Å². The Morgan fingerprint density at radius 2 is 1.77 bits per heavy atom. The summed E-state index contributed by atoms with van der Waals surface area (Å²) in [6.45, 7) is 0. The van der Waals surface area contributed by atoms with Gasteiger partial charge in [0.15, 0.2) is 5.82 Å². The number of esters is 1. The van der Waals surface area contributed by atoms with Crippen LogP contribution in [0.15, 0.2) is 48.5 Å². The molecule has 0 atom stereocenters. The summed E-state index contributed by atoms with van der Waals surface area (Å²) in [4.78, 5) is 11.5. The summed E-state index contributed by atoms with van der Waals surface area (Å²) in [5, 5.41) is 11.7. The summed E-state index contributed by atoms with van der Waals surface area (Å²) < 4.78 is 6.26. The molecule has 3 rings (SSSR count). The van der Waals surface area contributed by atoms with Crippen LogP contribution in [-0.4, -0.2) is 33.3 Å². The Morgan fingerprint density at radius 1 is 1.09 bits per heavy atom. The first-order chi connectivity index (χ1) is 10.7. The van der Waals surface area contributed by atoms with E-state index in [1.54, 1.807) is 41.1 Å². The van der Waals surface area contributed by atoms with Gasteiger partial charge in [0, 0.05) is 11.3 Å². The zero-order valence-corrected chi connectivity index (χ0v) is 11.8. The van der Waals surface area contributed by atoms with Gasteiger partial charge < -0.3 is 10.5 Å². The molecule has 110 valence electrons. The summed E-state index contributed by atoms with van der Waals surface area (Å²) in [6, 6.07) is 14.1. The number of ether oxygens (including phenoxy) is 1. The molecule has 0 aliphatic heterocycles. The Labute approximate surface area is 126 Å². The standard InChI is InChI=1S/C15H13N5O2/c1-22-15(21)11-4-8-13(9-5-11)20-14(17-18-19-20)10-2-6-12(16)7-3-10/h2-9H,16H2,1H3. The number of methoxy groups -OCH3 is 1. The van der Waals surface area contributed by atoms with Crippen molar-refractivity contribution in [1.82, 2.24) is 20.2 Å². The third kappa shape index (κ3) is 2.51. The van der Waals surface area contributed by atoms with E-state index in [1.165, 1.54) is 7.11 Å². The van der Waals surface area contributed by atoms with Crippen LogP contribution in [0.5, 0.6) is 0 Å². The van der Waals surface area contributed by atoms with E-state index in [0.717, 1.165) is 11.3 Å². The molecule has 0 saturated heterocycles. The Hall–Kier alpha value is -3.22. The van der Waals surface area contributed by atoms with Crippen molar-refractivity contribution in [1.29, 1.82) is 0 Å². The zero-order valence-electron chi connectivity index (χ0n) is 11.8. The molecule has 0 unspecified atom stereocenters. The number of aromatic nitrogens is 4. The molecule has 7 heteroatoms. The van der Waals surface area contributed by atoms with Gasteiger partial charge in [-0.25, -0.2) is 4.79 Å². The minimum atomic E-state index is -0.387. The van der Waals surface area contributed by atoms with Gasteiger partial charge in [0.1, 0.15) is 0 Å². The number of rotatable bonds is 3. The minimum Gasteiger partial charge on any atom is -0.465 e. The number of hydrogen-bond acceptors (Lipinski definition) is 6. The highest BCUT2D eigenvalue weighted by Crippen LogP contribution is 2.20. The van der Waals surface area contributed by atoms with Crippen LogP contribution in [0.4, 0.5) is 5.69 Å². The van der Waals surface area contributed by atoms with E-state index in [1.807, 2.05) is 12.1 Å². The van der Waals surface area contributed by atoms with Crippen LogP contribution in [-0.2, 0) is 4.74 Å². The number of nitrogen functional groups attached to an aromatic ring is 1. The lowest BCUT2D eigenvalue weighted by molar-refractivity contribution is 0.0601. The van der Waals surface area contributed by atoms with E-state index in [2.05, 4.69) is 20.3 Å². The Kier molecular flexibility index (Phi) is 3.53. The van der Waals surface area contributed by atoms with Crippen molar-refractivity contribution in [2.75, 3.05) is 12.8 Å². The topological polar surface area (TPSA) is 95.9 Å². The van der Waals surface area contributed by atoms with Crippen molar-refractivity contribution >= 4 is 11.7 Å². The number of nitrogens with two attached hydrogens (primary N) is 1. The quantitative estimate of drug-likeness (QED) is 0.583. The number of anilines is 1. The van der Waals surface area contributed by atoms with Crippen LogP contribution in [0.2, 0.25) is 0 Å². The lowest BCUT2D eigenvalue weighted by atomic mass is 10.2. The maximum Gasteiger partial charge on any atom is 0.337 e. The van der Waals surface area contributed by atoms with Crippen molar-refractivity contribution in [3.63, 3.8) is 0 Å². The van der Waals surface area contributed by atoms with Gasteiger partial charge in [-0.1, -0.05) is 0 Å². The average Bonchev–Trinajstić information content (AvgIpc) is 3.04. The fourth-order valence-corrected chi connectivity index (χ4v) is 2.03. The number of hydrogen-bond donors (Lipinski definition) is 1. The highest BCUT2D eigenvalue weighted by Gasteiger charge is 2.11. The lowest BCUT2D eigenvalue weighted by Crippen LogP contribution is -2.03. The van der Waals surface area contributed by atoms with Crippen LogP contribution in [0.1, 0.15) is 10.4 Å². The van der Waals surface area contributed by atoms with E-state index in [4.69, 9.17) is 5.73 Å². The molecule has 0 spiro atoms. The highest BCUT2D eigenvalue weighted by molar-refractivity contribution is 5.89. The predicted octanol–water partition coefficient (Wildman–Crippen LogP) is 1.70. The van der Waals surface area contributed by atoms with Gasteiger partial charge in [-0.3, -0.25) is 0 Å². The van der Waals surface area contributed by atoms with E-state index in [0.29, 0.717) is 17.1 Å². The van der Waals surface area contributed by atoms with Crippen molar-refractivity contribution in [2.24, 2.45) is 0 Å². The molecule has 0 bridgehead atoms. The van der Waals surface area contributed by atoms with E-state index in [-0.39, 0.29) is 5.97 Å². The van der Waals surface area contributed by atoms with E-state index >= 15 is 0 Å². The molecule has 22 heavy (non-hydrogen) atoms. The summed E-state index contributed by atoms with van der Waals surface area (Å²) in [5.41, 5.74) is 8.41. The molecule has 2 aromatic carbocycles. The third-order valence-electron chi connectivity index (χ3n) is 3.17. The van der Waals surface area contributed by atoms with Gasteiger partial charge >= 0.3 is 5.97 Å². The maximum atomic E-state index is 11.5. The summed E-state index contributed by atoms with van der Waals surface area (Å²) in [7, 11) is 1.34. The van der Waals surface area contributed by atoms with Crippen LogP contribution >= 0.6 is 0 Å². The fraction of sp³-hybridized carbons (Fsp3) is 0.0667. The van der Waals surface area contributed by atoms with Gasteiger partial charge in [-0.05, 0) is 59.0 Å². The zero-order chi connectivity index (χ0) is 15.5. The summed E-state index contributed by atoms with van der Waals surface area (Å²) in [6.07, 6.45) is 0. The van der Waals surface area contributed by atoms with E-state index < -0.39 is 0 Å². The van der Waals surface area contributed by atoms with Gasteiger partial charge in [-0.2, -0.15) is 4.68 Å². The first-order valence-corrected chi connectivity index (χ1v) is 6.52. The minimum absolute atomic E-state index is 0.387. The second-order valence-electron chi connectivity index (χ2n) is 4.57. The Morgan fingerprint density at radius 3 is 2.41 bits per heavy atom. The first kappa shape index (κ1) is 13.7. The molecule has 1 heterocycles.